The average molecular weight is 420 g/mol. The van der Waals surface area contributed by atoms with Gasteiger partial charge in [-0.3, -0.25) is 0 Å². The van der Waals surface area contributed by atoms with Crippen molar-refractivity contribution in [3.63, 3.8) is 0 Å². The number of hydrogen-bond acceptors (Lipinski definition) is 3. The zero-order valence-corrected chi connectivity index (χ0v) is 19.9. The van der Waals surface area contributed by atoms with Gasteiger partial charge >= 0.3 is 0 Å². The first kappa shape index (κ1) is 22.8. The number of benzene rings is 2. The molecule has 1 saturated heterocycles. The molecule has 5 heteroatoms. The van der Waals surface area contributed by atoms with Crippen LogP contribution in [-0.4, -0.2) is 47.6 Å². The zero-order chi connectivity index (χ0) is 21.8. The summed E-state index contributed by atoms with van der Waals surface area (Å²) in [5.74, 6) is 2.82. The molecule has 0 N–H and O–H groups in total. The van der Waals surface area contributed by atoms with Gasteiger partial charge in [0.2, 0.25) is 0 Å². The largest absolute Gasteiger partial charge is 0.404 e. The van der Waals surface area contributed by atoms with E-state index in [0.29, 0.717) is 13.0 Å². The molecule has 3 nitrogen and oxygen atoms in total. The summed E-state index contributed by atoms with van der Waals surface area (Å²) in [6, 6.07) is 21.4. The van der Waals surface area contributed by atoms with Crippen LogP contribution in [0.15, 0.2) is 60.7 Å². The third-order valence-electron chi connectivity index (χ3n) is 6.20. The van der Waals surface area contributed by atoms with Gasteiger partial charge in [0.1, 0.15) is 13.4 Å². The van der Waals surface area contributed by atoms with Crippen LogP contribution >= 0.6 is 0 Å². The summed E-state index contributed by atoms with van der Waals surface area (Å²) >= 11 is 0. The lowest BCUT2D eigenvalue weighted by molar-refractivity contribution is -0.100. The minimum absolute atomic E-state index is 0.0817. The molecule has 0 aliphatic carbocycles. The molecule has 1 aliphatic rings. The smallest absolute Gasteiger partial charge is 0.261 e. The lowest BCUT2D eigenvalue weighted by Gasteiger charge is -2.45. The maximum absolute atomic E-state index is 7.12. The van der Waals surface area contributed by atoms with Gasteiger partial charge in [-0.15, -0.1) is 12.3 Å². The second-order valence-corrected chi connectivity index (χ2v) is 13.6. The predicted molar refractivity (Wildman–Crippen MR) is 129 cm³/mol. The van der Waals surface area contributed by atoms with Gasteiger partial charge in [0.05, 0.1) is 12.7 Å². The van der Waals surface area contributed by atoms with Crippen LogP contribution in [0.1, 0.15) is 33.6 Å². The van der Waals surface area contributed by atoms with Gasteiger partial charge in [-0.1, -0.05) is 81.4 Å². The molecule has 0 unspecified atom stereocenters. The first-order chi connectivity index (χ1) is 14.3. The van der Waals surface area contributed by atoms with Crippen LogP contribution < -0.4 is 10.4 Å². The van der Waals surface area contributed by atoms with E-state index in [1.54, 1.807) is 7.11 Å². The molecule has 0 spiro atoms. The van der Waals surface area contributed by atoms with E-state index in [2.05, 4.69) is 95.2 Å². The monoisotopic (exact) mass is 420 g/mol. The maximum atomic E-state index is 7.12. The summed E-state index contributed by atoms with van der Waals surface area (Å²) in [7, 11) is 1.15. The van der Waals surface area contributed by atoms with Gasteiger partial charge in [0.15, 0.2) is 0 Å². The van der Waals surface area contributed by atoms with Crippen molar-refractivity contribution in [1.82, 2.24) is 0 Å². The summed E-state index contributed by atoms with van der Waals surface area (Å²) in [5, 5.41) is 2.40. The van der Waals surface area contributed by atoms with Crippen LogP contribution in [0.2, 0.25) is 5.04 Å². The Bertz CT molecular complexity index is 820. The molecule has 1 heterocycles. The maximum Gasteiger partial charge on any atom is 0.261 e. The minimum atomic E-state index is -2.66. The Morgan fingerprint density at radius 1 is 1.10 bits per heavy atom. The molecule has 3 rings (SSSR count). The van der Waals surface area contributed by atoms with Crippen molar-refractivity contribution in [2.75, 3.05) is 13.7 Å². The molecule has 1 fully saturated rings. The molecule has 1 aliphatic heterocycles. The Balaban J connectivity index is 2.11. The zero-order valence-electron chi connectivity index (χ0n) is 18.9. The third-order valence-corrected chi connectivity index (χ3v) is 11.2. The Morgan fingerprint density at radius 3 is 2.07 bits per heavy atom. The fraction of sp³-hybridized carbons (Fsp3) is 0.440. The minimum Gasteiger partial charge on any atom is -0.404 e. The van der Waals surface area contributed by atoms with Crippen molar-refractivity contribution >= 4 is 26.5 Å². The van der Waals surface area contributed by atoms with Gasteiger partial charge in [-0.05, 0) is 21.8 Å². The first-order valence-electron chi connectivity index (χ1n) is 10.7. The Labute approximate surface area is 183 Å². The molecule has 0 aromatic heterocycles. The number of rotatable bonds is 7. The van der Waals surface area contributed by atoms with Gasteiger partial charge in [-0.25, -0.2) is 0 Å². The summed E-state index contributed by atoms with van der Waals surface area (Å²) in [5.41, 5.74) is -0.629. The summed E-state index contributed by atoms with van der Waals surface area (Å²) in [6.45, 7) is 7.24. The van der Waals surface area contributed by atoms with Crippen LogP contribution in [0.25, 0.3) is 0 Å². The molecule has 30 heavy (non-hydrogen) atoms. The third kappa shape index (κ3) is 4.15. The lowest BCUT2D eigenvalue weighted by Crippen LogP contribution is -2.68. The molecule has 0 radical (unpaired) electrons. The predicted octanol–water partition coefficient (Wildman–Crippen LogP) is 2.72. The topological polar surface area (TPSA) is 27.7 Å². The summed E-state index contributed by atoms with van der Waals surface area (Å²) in [6.07, 6.45) is 6.98. The van der Waals surface area contributed by atoms with Crippen LogP contribution in [0.5, 0.6) is 0 Å². The highest BCUT2D eigenvalue weighted by Crippen LogP contribution is 2.40. The van der Waals surface area contributed by atoms with Crippen molar-refractivity contribution in [2.45, 2.75) is 56.4 Å². The van der Waals surface area contributed by atoms with Crippen molar-refractivity contribution < 1.29 is 13.9 Å². The van der Waals surface area contributed by atoms with Gasteiger partial charge in [-0.2, -0.15) is 0 Å². The van der Waals surface area contributed by atoms with Crippen molar-refractivity contribution in [3.05, 3.63) is 60.7 Å². The summed E-state index contributed by atoms with van der Waals surface area (Å²) in [4.78, 5) is 0. The summed E-state index contributed by atoms with van der Waals surface area (Å²) < 4.78 is 19.4. The Kier molecular flexibility index (Phi) is 6.94. The Hall–Kier alpha value is -1.84. The van der Waals surface area contributed by atoms with Gasteiger partial charge in [0.25, 0.3) is 8.32 Å². The highest BCUT2D eigenvalue weighted by Gasteiger charge is 2.54. The number of hydrogen-bond donors (Lipinski definition) is 0. The van der Waals surface area contributed by atoms with Crippen molar-refractivity contribution in [2.24, 2.45) is 0 Å². The first-order valence-corrected chi connectivity index (χ1v) is 12.6. The molecule has 3 atom stereocenters. The number of terminal acetylenes is 1. The number of methoxy groups -OCH3 is 1. The number of ether oxygens (including phenoxy) is 2. The second kappa shape index (κ2) is 9.11. The lowest BCUT2D eigenvalue weighted by atomic mass is 9.90. The normalized spacial score (nSPS) is 24.5. The highest BCUT2D eigenvalue weighted by atomic mass is 28.4. The molecule has 0 amide bonds. The van der Waals surface area contributed by atoms with E-state index in [9.17, 15) is 0 Å². The molecular weight excluding hydrogens is 387 g/mol. The quantitative estimate of drug-likeness (QED) is 0.509. The standard InChI is InChI=1S/C25H33BO3Si/c1-6-17-25(22(27-5)18-23(26)29-25)19-28-30(24(2,3)4,20-13-9-7-10-14-20)21-15-11-8-12-16-21/h1,7-16,22-23H,17-19,26H2,2-5H3/t22-,23+,25+/m0/s1. The van der Waals surface area contributed by atoms with E-state index in [4.69, 9.17) is 20.3 Å². The molecule has 2 aromatic carbocycles. The highest BCUT2D eigenvalue weighted by molar-refractivity contribution is 6.99. The Morgan fingerprint density at radius 2 is 1.63 bits per heavy atom. The van der Waals surface area contributed by atoms with Crippen molar-refractivity contribution in [1.29, 1.82) is 0 Å². The van der Waals surface area contributed by atoms with Crippen LogP contribution in [-0.2, 0) is 13.9 Å². The second-order valence-electron chi connectivity index (χ2n) is 9.29. The fourth-order valence-electron chi connectivity index (χ4n) is 4.85. The van der Waals surface area contributed by atoms with Crippen LogP contribution in [0, 0.1) is 12.3 Å². The van der Waals surface area contributed by atoms with Crippen LogP contribution in [0.3, 0.4) is 0 Å². The molecule has 2 aromatic rings. The molecular formula is C25H33BO3Si. The van der Waals surface area contributed by atoms with Gasteiger partial charge < -0.3 is 13.9 Å². The van der Waals surface area contributed by atoms with Crippen LogP contribution in [0.4, 0.5) is 0 Å². The SMILES string of the molecule is B[C@H]1C[C@H](OC)[C@@](CC#C)(CO[Si](c2ccccc2)(c2ccccc2)C(C)(C)C)O1. The van der Waals surface area contributed by atoms with E-state index in [1.165, 1.54) is 10.4 Å². The van der Waals surface area contributed by atoms with E-state index in [0.717, 1.165) is 6.42 Å². The average Bonchev–Trinajstić information content (AvgIpc) is 3.04. The molecule has 0 bridgehead atoms. The van der Waals surface area contributed by atoms with E-state index in [1.807, 2.05) is 0 Å². The van der Waals surface area contributed by atoms with E-state index < -0.39 is 13.9 Å². The van der Waals surface area contributed by atoms with E-state index >= 15 is 0 Å². The fourth-order valence-corrected chi connectivity index (χ4v) is 9.47. The molecule has 0 saturated carbocycles. The van der Waals surface area contributed by atoms with E-state index in [-0.39, 0.29) is 17.1 Å². The van der Waals surface area contributed by atoms with Gasteiger partial charge in [0, 0.05) is 19.5 Å². The molecule has 158 valence electrons. The van der Waals surface area contributed by atoms with Crippen molar-refractivity contribution in [3.8, 4) is 12.3 Å².